The highest BCUT2D eigenvalue weighted by atomic mass is 127. The van der Waals surface area contributed by atoms with Gasteiger partial charge in [-0.3, -0.25) is 9.89 Å². The molecule has 0 aromatic heterocycles. The van der Waals surface area contributed by atoms with E-state index in [-0.39, 0.29) is 30.0 Å². The fourth-order valence-corrected chi connectivity index (χ4v) is 3.18. The van der Waals surface area contributed by atoms with E-state index in [4.69, 9.17) is 26.1 Å². The molecule has 1 aromatic rings. The average molecular weight is 525 g/mol. The second-order valence-electron chi connectivity index (χ2n) is 6.41. The quantitative estimate of drug-likeness (QED) is 0.213. The maximum atomic E-state index is 6.07. The van der Waals surface area contributed by atoms with Crippen molar-refractivity contribution in [2.45, 2.75) is 26.3 Å². The van der Waals surface area contributed by atoms with Crippen molar-refractivity contribution in [3.63, 3.8) is 0 Å². The molecular formula is C20H34ClIN4O2. The highest BCUT2D eigenvalue weighted by Gasteiger charge is 2.22. The van der Waals surface area contributed by atoms with E-state index in [2.05, 4.69) is 34.6 Å². The Morgan fingerprint density at radius 2 is 1.93 bits per heavy atom. The SMILES string of the molecule is CCNC(=NCC(c1ccc(Cl)cc1)N1CCOCC1)NCCCOCC.I. The molecule has 0 spiro atoms. The van der Waals surface area contributed by atoms with Crippen LogP contribution in [0.4, 0.5) is 0 Å². The van der Waals surface area contributed by atoms with Crippen LogP contribution in [0.5, 0.6) is 0 Å². The first kappa shape index (κ1) is 25.4. The van der Waals surface area contributed by atoms with Crippen LogP contribution < -0.4 is 10.6 Å². The van der Waals surface area contributed by atoms with Crippen LogP contribution in [0.2, 0.25) is 5.02 Å². The summed E-state index contributed by atoms with van der Waals surface area (Å²) >= 11 is 6.07. The van der Waals surface area contributed by atoms with Gasteiger partial charge in [-0.1, -0.05) is 23.7 Å². The fourth-order valence-electron chi connectivity index (χ4n) is 3.05. The van der Waals surface area contributed by atoms with Crippen LogP contribution in [-0.2, 0) is 9.47 Å². The van der Waals surface area contributed by atoms with E-state index in [1.54, 1.807) is 0 Å². The van der Waals surface area contributed by atoms with Crippen molar-refractivity contribution in [2.24, 2.45) is 4.99 Å². The number of halogens is 2. The summed E-state index contributed by atoms with van der Waals surface area (Å²) in [5, 5.41) is 7.48. The first-order valence-corrected chi connectivity index (χ1v) is 10.3. The third-order valence-electron chi connectivity index (χ3n) is 4.47. The van der Waals surface area contributed by atoms with Gasteiger partial charge in [-0.25, -0.2) is 0 Å². The highest BCUT2D eigenvalue weighted by Crippen LogP contribution is 2.24. The molecule has 8 heteroatoms. The van der Waals surface area contributed by atoms with Gasteiger partial charge in [0.25, 0.3) is 0 Å². The van der Waals surface area contributed by atoms with E-state index in [9.17, 15) is 0 Å². The monoisotopic (exact) mass is 524 g/mol. The van der Waals surface area contributed by atoms with Gasteiger partial charge in [0.05, 0.1) is 25.8 Å². The molecule has 0 radical (unpaired) electrons. The van der Waals surface area contributed by atoms with Gasteiger partial charge in [-0.05, 0) is 38.0 Å². The molecule has 0 bridgehead atoms. The van der Waals surface area contributed by atoms with Gasteiger partial charge < -0.3 is 20.1 Å². The van der Waals surface area contributed by atoms with Crippen LogP contribution in [0.3, 0.4) is 0 Å². The van der Waals surface area contributed by atoms with E-state index in [1.807, 2.05) is 19.1 Å². The van der Waals surface area contributed by atoms with Gasteiger partial charge in [-0.2, -0.15) is 0 Å². The van der Waals surface area contributed by atoms with Crippen molar-refractivity contribution >= 4 is 41.5 Å². The minimum atomic E-state index is 0. The number of nitrogens with zero attached hydrogens (tertiary/aromatic N) is 2. The molecule has 1 heterocycles. The number of rotatable bonds is 10. The second-order valence-corrected chi connectivity index (χ2v) is 6.85. The van der Waals surface area contributed by atoms with Crippen molar-refractivity contribution in [3.05, 3.63) is 34.9 Å². The molecule has 1 aliphatic heterocycles. The Balaban J connectivity index is 0.00000392. The maximum Gasteiger partial charge on any atom is 0.191 e. The van der Waals surface area contributed by atoms with E-state index in [0.29, 0.717) is 6.54 Å². The van der Waals surface area contributed by atoms with E-state index >= 15 is 0 Å². The molecule has 6 nitrogen and oxygen atoms in total. The lowest BCUT2D eigenvalue weighted by molar-refractivity contribution is 0.0179. The summed E-state index contributed by atoms with van der Waals surface area (Å²) in [5.41, 5.74) is 1.23. The molecule has 1 saturated heterocycles. The first-order valence-electron chi connectivity index (χ1n) is 9.91. The summed E-state index contributed by atoms with van der Waals surface area (Å²) in [4.78, 5) is 7.28. The summed E-state index contributed by atoms with van der Waals surface area (Å²) in [5.74, 6) is 0.848. The summed E-state index contributed by atoms with van der Waals surface area (Å²) in [7, 11) is 0. The Labute approximate surface area is 191 Å². The number of nitrogens with one attached hydrogen (secondary N) is 2. The number of hydrogen-bond donors (Lipinski definition) is 2. The van der Waals surface area contributed by atoms with E-state index < -0.39 is 0 Å². The predicted molar refractivity (Wildman–Crippen MR) is 127 cm³/mol. The number of benzene rings is 1. The molecule has 2 N–H and O–H groups in total. The lowest BCUT2D eigenvalue weighted by Crippen LogP contribution is -2.42. The first-order chi connectivity index (χ1) is 13.2. The van der Waals surface area contributed by atoms with Crippen molar-refractivity contribution < 1.29 is 9.47 Å². The number of ether oxygens (including phenoxy) is 2. The smallest absolute Gasteiger partial charge is 0.191 e. The lowest BCUT2D eigenvalue weighted by Gasteiger charge is -2.34. The Bertz CT molecular complexity index is 554. The molecule has 0 amide bonds. The molecular weight excluding hydrogens is 491 g/mol. The molecule has 1 aliphatic rings. The Hall–Kier alpha value is -0.610. The normalized spacial score (nSPS) is 16.3. The van der Waals surface area contributed by atoms with Gasteiger partial charge >= 0.3 is 0 Å². The fraction of sp³-hybridized carbons (Fsp3) is 0.650. The van der Waals surface area contributed by atoms with Crippen molar-refractivity contribution in [1.29, 1.82) is 0 Å². The number of aliphatic imine (C=N–C) groups is 1. The molecule has 0 aliphatic carbocycles. The molecule has 1 aromatic carbocycles. The van der Waals surface area contributed by atoms with E-state index in [1.165, 1.54) is 5.56 Å². The summed E-state index contributed by atoms with van der Waals surface area (Å²) < 4.78 is 10.9. The molecule has 160 valence electrons. The third-order valence-corrected chi connectivity index (χ3v) is 4.72. The predicted octanol–water partition coefficient (Wildman–Crippen LogP) is 3.31. The summed E-state index contributed by atoms with van der Waals surface area (Å²) in [6, 6.07) is 8.31. The van der Waals surface area contributed by atoms with Crippen LogP contribution in [0.25, 0.3) is 0 Å². The van der Waals surface area contributed by atoms with Gasteiger partial charge in [0.15, 0.2) is 5.96 Å². The number of morpholine rings is 1. The zero-order valence-electron chi connectivity index (χ0n) is 17.0. The zero-order valence-corrected chi connectivity index (χ0v) is 20.0. The third kappa shape index (κ3) is 9.26. The standard InChI is InChI=1S/C20H33ClN4O2.HI/c1-3-22-20(23-10-5-13-26-4-2)24-16-19(25-11-14-27-15-12-25)17-6-8-18(21)9-7-17;/h6-9,19H,3-5,10-16H2,1-2H3,(H2,22,23,24);1H. The molecule has 2 rings (SSSR count). The minimum absolute atomic E-state index is 0. The topological polar surface area (TPSA) is 58.1 Å². The van der Waals surface area contributed by atoms with Crippen LogP contribution in [0.15, 0.2) is 29.3 Å². The Morgan fingerprint density at radius 1 is 1.21 bits per heavy atom. The van der Waals surface area contributed by atoms with Crippen LogP contribution in [-0.4, -0.2) is 70.0 Å². The van der Waals surface area contributed by atoms with E-state index in [0.717, 1.165) is 70.0 Å². The maximum absolute atomic E-state index is 6.07. The van der Waals surface area contributed by atoms with Gasteiger partial charge in [0.2, 0.25) is 0 Å². The van der Waals surface area contributed by atoms with Crippen LogP contribution in [0.1, 0.15) is 31.9 Å². The minimum Gasteiger partial charge on any atom is -0.382 e. The van der Waals surface area contributed by atoms with Crippen LogP contribution >= 0.6 is 35.6 Å². The van der Waals surface area contributed by atoms with Gasteiger partial charge in [0, 0.05) is 44.4 Å². The zero-order chi connectivity index (χ0) is 19.3. The summed E-state index contributed by atoms with van der Waals surface area (Å²) in [6.45, 7) is 11.4. The van der Waals surface area contributed by atoms with Gasteiger partial charge in [0.1, 0.15) is 0 Å². The highest BCUT2D eigenvalue weighted by molar-refractivity contribution is 14.0. The molecule has 1 fully saturated rings. The molecule has 1 unspecified atom stereocenters. The van der Waals surface area contributed by atoms with Crippen molar-refractivity contribution in [2.75, 3.05) is 59.2 Å². The van der Waals surface area contributed by atoms with Crippen molar-refractivity contribution in [3.8, 4) is 0 Å². The lowest BCUT2D eigenvalue weighted by atomic mass is 10.0. The Morgan fingerprint density at radius 3 is 2.57 bits per heavy atom. The molecule has 28 heavy (non-hydrogen) atoms. The number of guanidine groups is 1. The molecule has 1 atom stereocenters. The second kappa shape index (κ2) is 15.3. The average Bonchev–Trinajstić information content (AvgIpc) is 2.70. The van der Waals surface area contributed by atoms with Gasteiger partial charge in [-0.15, -0.1) is 24.0 Å². The van der Waals surface area contributed by atoms with Crippen LogP contribution in [0, 0.1) is 0 Å². The van der Waals surface area contributed by atoms with Crippen molar-refractivity contribution in [1.82, 2.24) is 15.5 Å². The molecule has 0 saturated carbocycles. The number of hydrogen-bond acceptors (Lipinski definition) is 4. The summed E-state index contributed by atoms with van der Waals surface area (Å²) in [6.07, 6.45) is 0.961. The largest absolute Gasteiger partial charge is 0.382 e. The Kier molecular flexibility index (Phi) is 13.9.